The topological polar surface area (TPSA) is 83.4 Å². The zero-order valence-electron chi connectivity index (χ0n) is 17.1. The lowest BCUT2D eigenvalue weighted by Gasteiger charge is -2.18. The molecule has 0 saturated heterocycles. The van der Waals surface area contributed by atoms with Crippen molar-refractivity contribution in [1.82, 2.24) is 0 Å². The third-order valence-electron chi connectivity index (χ3n) is 4.14. The van der Waals surface area contributed by atoms with E-state index in [9.17, 15) is 4.79 Å². The van der Waals surface area contributed by atoms with E-state index < -0.39 is 0 Å². The van der Waals surface area contributed by atoms with Crippen LogP contribution in [0.15, 0.2) is 60.7 Å². The Labute approximate surface area is 172 Å². The van der Waals surface area contributed by atoms with Gasteiger partial charge in [-0.25, -0.2) is 4.79 Å². The summed E-state index contributed by atoms with van der Waals surface area (Å²) in [6, 6.07) is 16.9. The Morgan fingerprint density at radius 1 is 1.07 bits per heavy atom. The number of carbonyl (C=O) groups excluding carboxylic acids is 1. The first-order valence-electron chi connectivity index (χ1n) is 9.49. The summed E-state index contributed by atoms with van der Waals surface area (Å²) in [6.45, 7) is 9.69. The first kappa shape index (κ1) is 21.8. The fraction of sp³-hybridized carbons (Fsp3) is 0.304. The number of hydrogen-bond donors (Lipinski definition) is 2. The maximum Gasteiger partial charge on any atom is 0.333 e. The van der Waals surface area contributed by atoms with Crippen molar-refractivity contribution in [1.29, 1.82) is 5.26 Å². The van der Waals surface area contributed by atoms with E-state index in [0.29, 0.717) is 24.2 Å². The van der Waals surface area contributed by atoms with Gasteiger partial charge in [-0.05, 0) is 74.7 Å². The van der Waals surface area contributed by atoms with Crippen LogP contribution in [0.25, 0.3) is 0 Å². The molecule has 0 aliphatic rings. The van der Waals surface area contributed by atoms with Crippen LogP contribution >= 0.6 is 0 Å². The summed E-state index contributed by atoms with van der Waals surface area (Å²) in [5, 5.41) is 8.82. The van der Waals surface area contributed by atoms with Crippen LogP contribution in [0, 0.1) is 17.2 Å². The van der Waals surface area contributed by atoms with E-state index in [1.807, 2.05) is 43.3 Å². The molecule has 0 radical (unpaired) electrons. The summed E-state index contributed by atoms with van der Waals surface area (Å²) in [5.74, 6) is 0.648. The molecule has 0 heterocycles. The average molecular weight is 393 g/mol. The van der Waals surface area contributed by atoms with Crippen molar-refractivity contribution in [2.24, 2.45) is 5.92 Å². The number of ether oxygens (including phenoxy) is 2. The Bertz CT molecular complexity index is 854. The van der Waals surface area contributed by atoms with Gasteiger partial charge in [-0.1, -0.05) is 13.5 Å². The Morgan fingerprint density at radius 2 is 1.62 bits per heavy atom. The number of carbonyl (C=O) groups is 1. The zero-order valence-corrected chi connectivity index (χ0v) is 17.1. The van der Waals surface area contributed by atoms with Crippen molar-refractivity contribution in [3.63, 3.8) is 0 Å². The molecule has 2 N–H and O–H groups in total. The van der Waals surface area contributed by atoms with E-state index in [1.54, 1.807) is 19.1 Å². The van der Waals surface area contributed by atoms with E-state index in [2.05, 4.69) is 30.4 Å². The molecule has 6 heteroatoms. The fourth-order valence-electron chi connectivity index (χ4n) is 2.61. The van der Waals surface area contributed by atoms with Gasteiger partial charge < -0.3 is 20.3 Å². The first-order chi connectivity index (χ1) is 13.9. The molecule has 0 aromatic heterocycles. The monoisotopic (exact) mass is 393 g/mol. The second-order valence-electron chi connectivity index (χ2n) is 7.11. The van der Waals surface area contributed by atoms with Crippen LogP contribution in [0.2, 0.25) is 0 Å². The molecule has 6 nitrogen and oxygen atoms in total. The predicted molar refractivity (Wildman–Crippen MR) is 114 cm³/mol. The standard InChI is InChI=1S/C23H27N3O3/c1-16(2)23(27)29-18(4)13-17(3)15-28-22-11-9-21(10-12-22)26-25-20-7-5-19(14-24)6-8-20/h5-12,17-18,25-26H,1,13,15H2,2-4H3. The van der Waals surface area contributed by atoms with Gasteiger partial charge in [0.15, 0.2) is 0 Å². The molecular weight excluding hydrogens is 366 g/mol. The highest BCUT2D eigenvalue weighted by atomic mass is 16.5. The molecule has 0 aliphatic heterocycles. The lowest BCUT2D eigenvalue weighted by atomic mass is 10.1. The van der Waals surface area contributed by atoms with E-state index >= 15 is 0 Å². The number of hydrazine groups is 1. The van der Waals surface area contributed by atoms with E-state index in [-0.39, 0.29) is 18.0 Å². The molecule has 0 saturated carbocycles. The summed E-state index contributed by atoms with van der Waals surface area (Å²) in [7, 11) is 0. The Balaban J connectivity index is 1.74. The maximum atomic E-state index is 11.5. The molecular formula is C23H27N3O3. The molecule has 0 fully saturated rings. The minimum Gasteiger partial charge on any atom is -0.493 e. The third kappa shape index (κ3) is 7.59. The second-order valence-corrected chi connectivity index (χ2v) is 7.11. The van der Waals surface area contributed by atoms with Gasteiger partial charge in [-0.15, -0.1) is 0 Å². The Hall–Kier alpha value is -3.46. The number of nitrogens with zero attached hydrogens (tertiary/aromatic N) is 1. The van der Waals surface area contributed by atoms with E-state index in [0.717, 1.165) is 17.1 Å². The number of rotatable bonds is 10. The molecule has 0 aliphatic carbocycles. The molecule has 152 valence electrons. The van der Waals surface area contributed by atoms with Gasteiger partial charge in [-0.3, -0.25) is 0 Å². The molecule has 2 aromatic carbocycles. The molecule has 2 atom stereocenters. The zero-order chi connectivity index (χ0) is 21.2. The van der Waals surface area contributed by atoms with Crippen molar-refractivity contribution < 1.29 is 14.3 Å². The lowest BCUT2D eigenvalue weighted by Crippen LogP contribution is -2.20. The van der Waals surface area contributed by atoms with Gasteiger partial charge in [0.1, 0.15) is 5.75 Å². The average Bonchev–Trinajstić information content (AvgIpc) is 2.71. The van der Waals surface area contributed by atoms with Gasteiger partial charge in [0.05, 0.1) is 35.7 Å². The van der Waals surface area contributed by atoms with Crippen LogP contribution in [-0.4, -0.2) is 18.7 Å². The summed E-state index contributed by atoms with van der Waals surface area (Å²) in [5.41, 5.74) is 8.95. The Kier molecular flexibility index (Phi) is 8.11. The lowest BCUT2D eigenvalue weighted by molar-refractivity contribution is -0.144. The summed E-state index contributed by atoms with van der Waals surface area (Å²) in [4.78, 5) is 11.5. The number of benzene rings is 2. The molecule has 0 amide bonds. The summed E-state index contributed by atoms with van der Waals surface area (Å²) < 4.78 is 11.1. The highest BCUT2D eigenvalue weighted by Crippen LogP contribution is 2.18. The second kappa shape index (κ2) is 10.8. The summed E-state index contributed by atoms with van der Waals surface area (Å²) in [6.07, 6.45) is 0.533. The summed E-state index contributed by atoms with van der Waals surface area (Å²) >= 11 is 0. The van der Waals surface area contributed by atoms with Crippen LogP contribution in [0.3, 0.4) is 0 Å². The SMILES string of the molecule is C=C(C)C(=O)OC(C)CC(C)COc1ccc(NNc2ccc(C#N)cc2)cc1. The van der Waals surface area contributed by atoms with Crippen molar-refractivity contribution >= 4 is 17.3 Å². The molecule has 0 bridgehead atoms. The predicted octanol–water partition coefficient (Wildman–Crippen LogP) is 4.91. The Morgan fingerprint density at radius 3 is 2.14 bits per heavy atom. The number of nitrogens with one attached hydrogen (secondary N) is 2. The minimum atomic E-state index is -0.358. The van der Waals surface area contributed by atoms with Crippen LogP contribution in [0.5, 0.6) is 5.75 Å². The van der Waals surface area contributed by atoms with Crippen molar-refractivity contribution in [3.05, 3.63) is 66.2 Å². The molecule has 2 unspecified atom stereocenters. The van der Waals surface area contributed by atoms with Crippen molar-refractivity contribution in [2.75, 3.05) is 17.5 Å². The smallest absolute Gasteiger partial charge is 0.333 e. The number of hydrogen-bond acceptors (Lipinski definition) is 6. The van der Waals surface area contributed by atoms with Crippen LogP contribution in [-0.2, 0) is 9.53 Å². The highest BCUT2D eigenvalue weighted by Gasteiger charge is 2.14. The number of esters is 1. The molecule has 2 aromatic rings. The molecule has 0 spiro atoms. The quantitative estimate of drug-likeness (QED) is 0.339. The number of nitriles is 1. The van der Waals surface area contributed by atoms with Crippen LogP contribution in [0.4, 0.5) is 11.4 Å². The maximum absolute atomic E-state index is 11.5. The van der Waals surface area contributed by atoms with Gasteiger partial charge >= 0.3 is 5.97 Å². The van der Waals surface area contributed by atoms with E-state index in [1.165, 1.54) is 0 Å². The number of anilines is 2. The minimum absolute atomic E-state index is 0.183. The van der Waals surface area contributed by atoms with Crippen molar-refractivity contribution in [2.45, 2.75) is 33.3 Å². The van der Waals surface area contributed by atoms with Gasteiger partial charge in [0, 0.05) is 5.57 Å². The van der Waals surface area contributed by atoms with Crippen LogP contribution < -0.4 is 15.6 Å². The van der Waals surface area contributed by atoms with Gasteiger partial charge in [0.2, 0.25) is 0 Å². The molecule has 29 heavy (non-hydrogen) atoms. The molecule has 2 rings (SSSR count). The largest absolute Gasteiger partial charge is 0.493 e. The van der Waals surface area contributed by atoms with E-state index in [4.69, 9.17) is 14.7 Å². The fourth-order valence-corrected chi connectivity index (χ4v) is 2.61. The van der Waals surface area contributed by atoms with Crippen molar-refractivity contribution in [3.8, 4) is 11.8 Å². The third-order valence-corrected chi connectivity index (χ3v) is 4.14. The van der Waals surface area contributed by atoms with Gasteiger partial charge in [0.25, 0.3) is 0 Å². The van der Waals surface area contributed by atoms with Gasteiger partial charge in [-0.2, -0.15) is 5.26 Å². The van der Waals surface area contributed by atoms with Crippen LogP contribution in [0.1, 0.15) is 32.8 Å². The highest BCUT2D eigenvalue weighted by molar-refractivity contribution is 5.87. The normalized spacial score (nSPS) is 12.2. The first-order valence-corrected chi connectivity index (χ1v) is 9.49.